The van der Waals surface area contributed by atoms with Crippen LogP contribution in [0.15, 0.2) is 18.6 Å². The Hall–Kier alpha value is -2.62. The summed E-state index contributed by atoms with van der Waals surface area (Å²) in [7, 11) is 0. The molecule has 0 N–H and O–H groups in total. The van der Waals surface area contributed by atoms with Gasteiger partial charge >= 0.3 is 0 Å². The van der Waals surface area contributed by atoms with Gasteiger partial charge in [-0.25, -0.2) is 0 Å². The molecule has 0 aromatic carbocycles. The van der Waals surface area contributed by atoms with Gasteiger partial charge in [0.1, 0.15) is 0 Å². The second kappa shape index (κ2) is 14.6. The first-order valence-corrected chi connectivity index (χ1v) is 13.1. The summed E-state index contributed by atoms with van der Waals surface area (Å²) in [6.45, 7) is 11.7. The minimum atomic E-state index is 0.817. The normalized spacial score (nSPS) is 11.6. The van der Waals surface area contributed by atoms with E-state index < -0.39 is 0 Å². The number of nitrogens with zero attached hydrogens (tertiary/aromatic N) is 10. The lowest BCUT2D eigenvalue weighted by atomic mass is 10.2. The first-order valence-electron chi connectivity index (χ1n) is 13.1. The average molecular weight is 471 g/mol. The van der Waals surface area contributed by atoms with E-state index in [1.807, 2.05) is 14.0 Å². The van der Waals surface area contributed by atoms with Crippen molar-refractivity contribution in [2.45, 2.75) is 98.2 Å². The van der Waals surface area contributed by atoms with Crippen LogP contribution >= 0.6 is 0 Å². The van der Waals surface area contributed by atoms with Gasteiger partial charge in [-0.15, -0.1) is 15.3 Å². The molecule has 3 heterocycles. The summed E-state index contributed by atoms with van der Waals surface area (Å²) in [4.78, 5) is 2.44. The van der Waals surface area contributed by atoms with Crippen molar-refractivity contribution < 1.29 is 0 Å². The van der Waals surface area contributed by atoms with Crippen molar-refractivity contribution in [1.29, 1.82) is 0 Å². The standard InChI is InChI=1S/C24H42N10/c1-4-7-10-22-19-32(28-25-22)16-13-31(14-17-33-20-23(26-29-33)11-8-5-2)15-18-34-21-24(27-30-34)12-9-6-3/h19-21H,4-18H2,1-3H3. The summed E-state index contributed by atoms with van der Waals surface area (Å²) in [6.07, 6.45) is 16.2. The van der Waals surface area contributed by atoms with Gasteiger partial charge in [-0.3, -0.25) is 18.9 Å². The van der Waals surface area contributed by atoms with E-state index in [4.69, 9.17) is 0 Å². The van der Waals surface area contributed by atoms with E-state index in [1.54, 1.807) is 0 Å². The maximum atomic E-state index is 4.33. The molecule has 0 aliphatic rings. The molecule has 0 saturated carbocycles. The minimum absolute atomic E-state index is 0.817. The van der Waals surface area contributed by atoms with Crippen LogP contribution in [0.2, 0.25) is 0 Å². The Balaban J connectivity index is 1.54. The van der Waals surface area contributed by atoms with E-state index in [0.29, 0.717) is 0 Å². The summed E-state index contributed by atoms with van der Waals surface area (Å²) >= 11 is 0. The second-order valence-electron chi connectivity index (χ2n) is 9.07. The van der Waals surface area contributed by atoms with Crippen molar-refractivity contribution in [3.63, 3.8) is 0 Å². The Kier molecular flexibility index (Phi) is 11.2. The summed E-state index contributed by atoms with van der Waals surface area (Å²) < 4.78 is 5.90. The van der Waals surface area contributed by atoms with Gasteiger partial charge < -0.3 is 0 Å². The summed E-state index contributed by atoms with van der Waals surface area (Å²) in [5.41, 5.74) is 3.24. The van der Waals surface area contributed by atoms with Crippen molar-refractivity contribution in [3.05, 3.63) is 35.7 Å². The zero-order chi connectivity index (χ0) is 24.0. The fourth-order valence-electron chi connectivity index (χ4n) is 3.83. The molecule has 0 fully saturated rings. The Bertz CT molecular complexity index is 808. The van der Waals surface area contributed by atoms with Crippen LogP contribution in [-0.2, 0) is 38.9 Å². The van der Waals surface area contributed by atoms with Crippen LogP contribution in [0.4, 0.5) is 0 Å². The Labute approximate surface area is 203 Å². The number of unbranched alkanes of at least 4 members (excludes halogenated alkanes) is 3. The number of rotatable bonds is 18. The number of aromatic nitrogens is 9. The third-order valence-electron chi connectivity index (χ3n) is 6.05. The molecule has 0 aliphatic heterocycles. The quantitative estimate of drug-likeness (QED) is 0.282. The zero-order valence-electron chi connectivity index (χ0n) is 21.3. The Morgan fingerprint density at radius 1 is 0.559 bits per heavy atom. The first-order chi connectivity index (χ1) is 16.7. The Morgan fingerprint density at radius 3 is 1.18 bits per heavy atom. The van der Waals surface area contributed by atoms with Crippen molar-refractivity contribution in [1.82, 2.24) is 49.9 Å². The molecule has 10 nitrogen and oxygen atoms in total. The molecule has 3 aromatic heterocycles. The largest absolute Gasteiger partial charge is 0.298 e. The summed E-state index contributed by atoms with van der Waals surface area (Å²) in [6, 6.07) is 0. The van der Waals surface area contributed by atoms with E-state index in [9.17, 15) is 0 Å². The number of hydrogen-bond acceptors (Lipinski definition) is 7. The van der Waals surface area contributed by atoms with Crippen molar-refractivity contribution in [3.8, 4) is 0 Å². The predicted molar refractivity (Wildman–Crippen MR) is 132 cm³/mol. The molecule has 0 saturated heterocycles. The van der Waals surface area contributed by atoms with E-state index >= 15 is 0 Å². The molecule has 0 unspecified atom stereocenters. The summed E-state index contributed by atoms with van der Waals surface area (Å²) in [5, 5.41) is 25.9. The van der Waals surface area contributed by atoms with Crippen LogP contribution in [0.1, 0.15) is 76.4 Å². The number of hydrogen-bond donors (Lipinski definition) is 0. The lowest BCUT2D eigenvalue weighted by molar-refractivity contribution is 0.231. The maximum absolute atomic E-state index is 4.33. The molecule has 0 amide bonds. The molecular weight excluding hydrogens is 428 g/mol. The molecular formula is C24H42N10. The first kappa shape index (κ1) is 26.0. The molecule has 188 valence electrons. The number of aryl methyl sites for hydroxylation is 3. The van der Waals surface area contributed by atoms with Crippen LogP contribution in [0.25, 0.3) is 0 Å². The average Bonchev–Trinajstić information content (AvgIpc) is 3.61. The monoisotopic (exact) mass is 470 g/mol. The molecule has 3 rings (SSSR count). The molecule has 0 radical (unpaired) electrons. The predicted octanol–water partition coefficient (Wildman–Crippen LogP) is 3.19. The molecule has 0 aliphatic carbocycles. The van der Waals surface area contributed by atoms with Gasteiger partial charge in [-0.1, -0.05) is 55.7 Å². The van der Waals surface area contributed by atoms with Gasteiger partial charge in [0.2, 0.25) is 0 Å². The van der Waals surface area contributed by atoms with Crippen LogP contribution in [0.5, 0.6) is 0 Å². The molecule has 0 atom stereocenters. The highest BCUT2D eigenvalue weighted by atomic mass is 15.4. The molecule has 3 aromatic rings. The molecule has 0 spiro atoms. The van der Waals surface area contributed by atoms with Crippen molar-refractivity contribution >= 4 is 0 Å². The smallest absolute Gasteiger partial charge is 0.0827 e. The van der Waals surface area contributed by atoms with Crippen LogP contribution in [0.3, 0.4) is 0 Å². The third kappa shape index (κ3) is 8.96. The molecule has 10 heteroatoms. The van der Waals surface area contributed by atoms with Crippen LogP contribution in [-0.4, -0.2) is 69.5 Å². The lowest BCUT2D eigenvalue weighted by Gasteiger charge is -2.21. The SMILES string of the molecule is CCCCc1cn(CCN(CCn2cc(CCCC)nn2)CCn2cc(CCCC)nn2)nn1. The van der Waals surface area contributed by atoms with Gasteiger partial charge in [0.25, 0.3) is 0 Å². The topological polar surface area (TPSA) is 95.4 Å². The fourth-order valence-corrected chi connectivity index (χ4v) is 3.83. The van der Waals surface area contributed by atoms with Crippen molar-refractivity contribution in [2.75, 3.05) is 19.6 Å². The lowest BCUT2D eigenvalue weighted by Crippen LogP contribution is -2.34. The highest BCUT2D eigenvalue weighted by molar-refractivity contribution is 4.94. The van der Waals surface area contributed by atoms with Crippen LogP contribution < -0.4 is 0 Å². The van der Waals surface area contributed by atoms with Gasteiger partial charge in [0.05, 0.1) is 36.7 Å². The van der Waals surface area contributed by atoms with E-state index in [-0.39, 0.29) is 0 Å². The van der Waals surface area contributed by atoms with Crippen LogP contribution in [0, 0.1) is 0 Å². The van der Waals surface area contributed by atoms with Gasteiger partial charge in [0, 0.05) is 38.2 Å². The van der Waals surface area contributed by atoms with Gasteiger partial charge in [-0.05, 0) is 38.5 Å². The second-order valence-corrected chi connectivity index (χ2v) is 9.07. The summed E-state index contributed by atoms with van der Waals surface area (Å²) in [5.74, 6) is 0. The highest BCUT2D eigenvalue weighted by Crippen LogP contribution is 2.04. The van der Waals surface area contributed by atoms with E-state index in [0.717, 1.165) is 94.9 Å². The van der Waals surface area contributed by atoms with E-state index in [2.05, 4.69) is 75.2 Å². The Morgan fingerprint density at radius 2 is 0.882 bits per heavy atom. The van der Waals surface area contributed by atoms with Gasteiger partial charge in [-0.2, -0.15) is 0 Å². The molecule has 0 bridgehead atoms. The molecule has 34 heavy (non-hydrogen) atoms. The highest BCUT2D eigenvalue weighted by Gasteiger charge is 2.10. The fraction of sp³-hybridized carbons (Fsp3) is 0.750. The van der Waals surface area contributed by atoms with Gasteiger partial charge in [0.15, 0.2) is 0 Å². The minimum Gasteiger partial charge on any atom is -0.298 e. The van der Waals surface area contributed by atoms with E-state index in [1.165, 1.54) is 19.3 Å². The zero-order valence-corrected chi connectivity index (χ0v) is 21.3. The third-order valence-corrected chi connectivity index (χ3v) is 6.05. The van der Waals surface area contributed by atoms with Crippen molar-refractivity contribution in [2.24, 2.45) is 0 Å². The maximum Gasteiger partial charge on any atom is 0.0827 e.